The fourth-order valence-corrected chi connectivity index (χ4v) is 5.95. The number of likely N-dealkylation sites (N-methyl/N-ethyl adjacent to an activating group) is 2. The van der Waals surface area contributed by atoms with Gasteiger partial charge in [-0.3, -0.25) is 24.3 Å². The van der Waals surface area contributed by atoms with E-state index >= 15 is 0 Å². The van der Waals surface area contributed by atoms with E-state index in [2.05, 4.69) is 10.3 Å². The minimum absolute atomic E-state index is 0.0453. The molecule has 35 heavy (non-hydrogen) atoms. The number of Topliss-reactive ketones (excluding diaryl/α,β-unsaturated/α-hetero) is 2. The highest BCUT2D eigenvalue weighted by Crippen LogP contribution is 2.53. The molecular formula is C25H25N3O7. The highest BCUT2D eigenvalue weighted by Gasteiger charge is 2.64. The standard InChI is InChI=1S/C25H25N3O7/c1-26-24(34)16-21(31)18(28(2)3)13-9-12-8-11-7-10-5-4-6-27-17(10)20(30)14(11)19(29)15(12)22(32)25(13,35)23(16)33/h4-7,12-13,18,29-30,33,35H,8-9H2,1-3H3,(H,26,34)/t12-,13-,18-,25-/m0/s1. The van der Waals surface area contributed by atoms with Crippen molar-refractivity contribution in [2.75, 3.05) is 21.1 Å². The molecule has 2 aromatic rings. The minimum Gasteiger partial charge on any atom is -0.508 e. The van der Waals surface area contributed by atoms with Crippen LogP contribution < -0.4 is 5.32 Å². The van der Waals surface area contributed by atoms with Crippen LogP contribution in [0.4, 0.5) is 0 Å². The van der Waals surface area contributed by atoms with Gasteiger partial charge in [0.2, 0.25) is 5.78 Å². The van der Waals surface area contributed by atoms with E-state index in [4.69, 9.17) is 0 Å². The van der Waals surface area contributed by atoms with E-state index in [0.717, 1.165) is 0 Å². The van der Waals surface area contributed by atoms with Gasteiger partial charge in [-0.1, -0.05) is 6.07 Å². The normalized spacial score (nSPS) is 28.2. The Kier molecular flexibility index (Phi) is 5.01. The summed E-state index contributed by atoms with van der Waals surface area (Å²) in [6, 6.07) is 4.21. The molecule has 1 heterocycles. The number of nitrogens with zero attached hydrogens (tertiary/aromatic N) is 2. The number of aliphatic hydroxyl groups is 3. The maximum atomic E-state index is 13.8. The molecular weight excluding hydrogens is 454 g/mol. The molecule has 3 aliphatic rings. The van der Waals surface area contributed by atoms with Crippen LogP contribution in [0.25, 0.3) is 16.7 Å². The molecule has 0 saturated heterocycles. The van der Waals surface area contributed by atoms with Crippen molar-refractivity contribution in [2.45, 2.75) is 24.5 Å². The number of hydrogen-bond acceptors (Lipinski definition) is 9. The molecule has 1 aromatic heterocycles. The van der Waals surface area contributed by atoms with Gasteiger partial charge in [-0.25, -0.2) is 0 Å². The van der Waals surface area contributed by atoms with E-state index in [1.807, 2.05) is 0 Å². The van der Waals surface area contributed by atoms with Gasteiger partial charge < -0.3 is 25.7 Å². The number of hydrogen-bond donors (Lipinski definition) is 5. The summed E-state index contributed by atoms with van der Waals surface area (Å²) in [6.07, 6.45) is 1.83. The van der Waals surface area contributed by atoms with Gasteiger partial charge in [0.25, 0.3) is 5.91 Å². The monoisotopic (exact) mass is 479 g/mol. The molecule has 1 amide bonds. The number of phenols is 1. The molecule has 0 unspecified atom stereocenters. The second-order valence-corrected chi connectivity index (χ2v) is 9.51. The molecule has 3 aliphatic carbocycles. The zero-order chi connectivity index (χ0) is 25.4. The zero-order valence-electron chi connectivity index (χ0n) is 19.4. The van der Waals surface area contributed by atoms with Gasteiger partial charge in [0.1, 0.15) is 22.6 Å². The van der Waals surface area contributed by atoms with Crippen LogP contribution in [0.15, 0.2) is 41.3 Å². The number of amides is 1. The number of fused-ring (bicyclic) bond motifs is 4. The lowest BCUT2D eigenvalue weighted by Gasteiger charge is -2.50. The highest BCUT2D eigenvalue weighted by molar-refractivity contribution is 6.25. The predicted octanol–water partition coefficient (Wildman–Crippen LogP) is 0.773. The first-order chi connectivity index (χ1) is 16.5. The van der Waals surface area contributed by atoms with Crippen molar-refractivity contribution in [3.8, 4) is 5.75 Å². The number of pyridine rings is 1. The van der Waals surface area contributed by atoms with Gasteiger partial charge in [-0.05, 0) is 50.6 Å². The number of aromatic hydroxyl groups is 1. The Morgan fingerprint density at radius 2 is 1.94 bits per heavy atom. The number of aliphatic hydroxyl groups excluding tert-OH is 2. The number of ketones is 2. The van der Waals surface area contributed by atoms with Gasteiger partial charge in [-0.15, -0.1) is 0 Å². The van der Waals surface area contributed by atoms with E-state index in [0.29, 0.717) is 10.9 Å². The number of aromatic nitrogens is 1. The van der Waals surface area contributed by atoms with Gasteiger partial charge in [0.05, 0.1) is 11.6 Å². The number of carbonyl (C=O) groups excluding carboxylic acids is 3. The second kappa shape index (κ2) is 7.62. The van der Waals surface area contributed by atoms with Crippen molar-refractivity contribution in [3.05, 3.63) is 52.4 Å². The van der Waals surface area contributed by atoms with Crippen molar-refractivity contribution < 1.29 is 34.8 Å². The third-order valence-electron chi connectivity index (χ3n) is 7.49. The van der Waals surface area contributed by atoms with Crippen molar-refractivity contribution in [2.24, 2.45) is 11.8 Å². The van der Waals surface area contributed by atoms with Crippen molar-refractivity contribution in [1.29, 1.82) is 0 Å². The molecule has 182 valence electrons. The average Bonchev–Trinajstić information content (AvgIpc) is 2.81. The first kappa shape index (κ1) is 23.0. The lowest BCUT2D eigenvalue weighted by molar-refractivity contribution is -0.153. The SMILES string of the molecule is CNC(=O)C1=C(O)[C@@]2(O)C(=O)C3=C(O)c4c(cc5cccnc5c4O)C[C@H]3C[C@H]2[C@H](N(C)C)C1=O. The third kappa shape index (κ3) is 2.90. The lowest BCUT2D eigenvalue weighted by Crippen LogP contribution is -2.65. The molecule has 10 nitrogen and oxygen atoms in total. The first-order valence-corrected chi connectivity index (χ1v) is 11.2. The van der Waals surface area contributed by atoms with Crippen molar-refractivity contribution in [3.63, 3.8) is 0 Å². The van der Waals surface area contributed by atoms with Crippen LogP contribution in [0.5, 0.6) is 5.75 Å². The summed E-state index contributed by atoms with van der Waals surface area (Å²) >= 11 is 0. The molecule has 0 spiro atoms. The van der Waals surface area contributed by atoms with Crippen LogP contribution in [0.3, 0.4) is 0 Å². The molecule has 1 fully saturated rings. The van der Waals surface area contributed by atoms with Crippen LogP contribution in [0.2, 0.25) is 0 Å². The second-order valence-electron chi connectivity index (χ2n) is 9.51. The molecule has 0 bridgehead atoms. The summed E-state index contributed by atoms with van der Waals surface area (Å²) in [7, 11) is 4.45. The van der Waals surface area contributed by atoms with Gasteiger partial charge in [0.15, 0.2) is 17.1 Å². The van der Waals surface area contributed by atoms with Crippen LogP contribution in [0.1, 0.15) is 17.5 Å². The Hall–Kier alpha value is -3.76. The van der Waals surface area contributed by atoms with Gasteiger partial charge in [-0.2, -0.15) is 0 Å². The summed E-state index contributed by atoms with van der Waals surface area (Å²) in [4.78, 5) is 45.2. The fraction of sp³-hybridized carbons (Fsp3) is 0.360. The molecule has 0 radical (unpaired) electrons. The molecule has 5 rings (SSSR count). The maximum Gasteiger partial charge on any atom is 0.258 e. The van der Waals surface area contributed by atoms with E-state index in [1.54, 1.807) is 32.3 Å². The largest absolute Gasteiger partial charge is 0.508 e. The topological polar surface area (TPSA) is 160 Å². The number of carbonyl (C=O) groups is 3. The smallest absolute Gasteiger partial charge is 0.258 e. The number of rotatable bonds is 2. The number of nitrogens with one attached hydrogen (secondary N) is 1. The van der Waals surface area contributed by atoms with Gasteiger partial charge >= 0.3 is 0 Å². The summed E-state index contributed by atoms with van der Waals surface area (Å²) in [5.74, 6) is -6.10. The van der Waals surface area contributed by atoms with Crippen molar-refractivity contribution >= 4 is 34.1 Å². The summed E-state index contributed by atoms with van der Waals surface area (Å²) < 4.78 is 0. The maximum absolute atomic E-state index is 13.8. The Morgan fingerprint density at radius 3 is 2.60 bits per heavy atom. The van der Waals surface area contributed by atoms with Crippen LogP contribution >= 0.6 is 0 Å². The first-order valence-electron chi connectivity index (χ1n) is 11.2. The molecule has 5 N–H and O–H groups in total. The predicted molar refractivity (Wildman–Crippen MR) is 124 cm³/mol. The zero-order valence-corrected chi connectivity index (χ0v) is 19.4. The molecule has 10 heteroatoms. The van der Waals surface area contributed by atoms with E-state index in [-0.39, 0.29) is 35.2 Å². The van der Waals surface area contributed by atoms with Gasteiger partial charge in [0, 0.05) is 30.1 Å². The highest BCUT2D eigenvalue weighted by atomic mass is 16.3. The Balaban J connectivity index is 1.76. The lowest BCUT2D eigenvalue weighted by atomic mass is 9.57. The van der Waals surface area contributed by atoms with Crippen molar-refractivity contribution in [1.82, 2.24) is 15.2 Å². The van der Waals surface area contributed by atoms with E-state index in [1.165, 1.54) is 18.1 Å². The summed E-state index contributed by atoms with van der Waals surface area (Å²) in [5.41, 5.74) is -2.56. The Bertz CT molecular complexity index is 1390. The van der Waals surface area contributed by atoms with Crippen LogP contribution in [-0.4, -0.2) is 80.6 Å². The number of benzene rings is 1. The summed E-state index contributed by atoms with van der Waals surface area (Å²) in [6.45, 7) is 0. The molecule has 0 aliphatic heterocycles. The third-order valence-corrected chi connectivity index (χ3v) is 7.49. The molecule has 4 atom stereocenters. The number of phenolic OH excluding ortho intramolecular Hbond substituents is 1. The van der Waals surface area contributed by atoms with E-state index < -0.39 is 58.0 Å². The molecule has 1 saturated carbocycles. The summed E-state index contributed by atoms with van der Waals surface area (Å²) in [5, 5.41) is 47.7. The average molecular weight is 479 g/mol. The fourth-order valence-electron chi connectivity index (χ4n) is 5.95. The molecule has 1 aromatic carbocycles. The quantitative estimate of drug-likeness (QED) is 0.392. The Morgan fingerprint density at radius 1 is 1.23 bits per heavy atom. The van der Waals surface area contributed by atoms with Crippen LogP contribution in [-0.2, 0) is 20.8 Å². The van der Waals surface area contributed by atoms with Crippen LogP contribution in [0, 0.1) is 11.8 Å². The Labute approximate surface area is 200 Å². The van der Waals surface area contributed by atoms with E-state index in [9.17, 15) is 34.8 Å². The minimum atomic E-state index is -2.60.